The van der Waals surface area contributed by atoms with Gasteiger partial charge in [-0.25, -0.2) is 0 Å². The number of hydrogen-bond acceptors (Lipinski definition) is 3. The molecule has 2 amide bonds. The Kier molecular flexibility index (Phi) is 16.0. The van der Waals surface area contributed by atoms with Crippen LogP contribution >= 0.6 is 24.0 Å². The summed E-state index contributed by atoms with van der Waals surface area (Å²) >= 11 is 0. The Bertz CT molecular complexity index is 518. The lowest BCUT2D eigenvalue weighted by Crippen LogP contribution is -2.50. The fourth-order valence-electron chi connectivity index (χ4n) is 3.33. The number of unbranched alkanes of at least 4 members (excludes halogenated alkanes) is 2. The zero-order chi connectivity index (χ0) is 21.6. The minimum atomic E-state index is 0. The van der Waals surface area contributed by atoms with Gasteiger partial charge in [-0.1, -0.05) is 34.1 Å². The van der Waals surface area contributed by atoms with Gasteiger partial charge in [0.15, 0.2) is 5.96 Å². The molecule has 0 aromatic rings. The van der Waals surface area contributed by atoms with E-state index in [2.05, 4.69) is 43.3 Å². The van der Waals surface area contributed by atoms with Gasteiger partial charge >= 0.3 is 0 Å². The molecule has 7 nitrogen and oxygen atoms in total. The average Bonchev–Trinajstić information content (AvgIpc) is 2.68. The molecule has 1 heterocycles. The number of piperazine rings is 1. The number of hydrogen-bond donors (Lipinski definition) is 2. The van der Waals surface area contributed by atoms with E-state index >= 15 is 0 Å². The highest BCUT2D eigenvalue weighted by Gasteiger charge is 2.23. The number of guanidine groups is 1. The SMILES string of the molecule is CN=C(NCCCCCC(=O)N1CCN(C(=O)CC(C)C)CC1)NCCC(C)C.I. The Morgan fingerprint density at radius 3 is 1.93 bits per heavy atom. The minimum absolute atomic E-state index is 0. The molecule has 2 N–H and O–H groups in total. The number of nitrogens with zero attached hydrogens (tertiary/aromatic N) is 3. The minimum Gasteiger partial charge on any atom is -0.356 e. The van der Waals surface area contributed by atoms with Crippen molar-refractivity contribution >= 4 is 41.8 Å². The van der Waals surface area contributed by atoms with Gasteiger partial charge in [-0.15, -0.1) is 24.0 Å². The van der Waals surface area contributed by atoms with Crippen LogP contribution in [0.3, 0.4) is 0 Å². The number of amides is 2. The molecular weight excluding hydrogens is 493 g/mol. The Morgan fingerprint density at radius 1 is 0.833 bits per heavy atom. The highest BCUT2D eigenvalue weighted by atomic mass is 127. The molecule has 0 atom stereocenters. The number of carbonyl (C=O) groups is 2. The van der Waals surface area contributed by atoms with Gasteiger partial charge in [0.25, 0.3) is 0 Å². The summed E-state index contributed by atoms with van der Waals surface area (Å²) in [4.78, 5) is 32.6. The fraction of sp³-hybridized carbons (Fsp3) is 0.864. The number of nitrogens with one attached hydrogen (secondary N) is 2. The second-order valence-electron chi connectivity index (χ2n) is 8.78. The van der Waals surface area contributed by atoms with Crippen LogP contribution in [0.1, 0.15) is 66.2 Å². The number of halogens is 1. The van der Waals surface area contributed by atoms with Gasteiger partial charge in [0, 0.05) is 59.2 Å². The van der Waals surface area contributed by atoms with Crippen molar-refractivity contribution in [1.29, 1.82) is 0 Å². The molecule has 0 saturated carbocycles. The third-order valence-corrected chi connectivity index (χ3v) is 5.17. The van der Waals surface area contributed by atoms with Crippen molar-refractivity contribution < 1.29 is 9.59 Å². The van der Waals surface area contributed by atoms with E-state index in [4.69, 9.17) is 0 Å². The molecule has 1 aliphatic heterocycles. The first-order valence-electron chi connectivity index (χ1n) is 11.3. The summed E-state index contributed by atoms with van der Waals surface area (Å²) in [5, 5.41) is 6.65. The van der Waals surface area contributed by atoms with Crippen LogP contribution < -0.4 is 10.6 Å². The predicted octanol–water partition coefficient (Wildman–Crippen LogP) is 3.09. The highest BCUT2D eigenvalue weighted by Crippen LogP contribution is 2.10. The molecule has 0 aromatic carbocycles. The van der Waals surface area contributed by atoms with Gasteiger partial charge in [-0.2, -0.15) is 0 Å². The van der Waals surface area contributed by atoms with Gasteiger partial charge in [0.05, 0.1) is 0 Å². The number of carbonyl (C=O) groups excluding carboxylic acids is 2. The van der Waals surface area contributed by atoms with E-state index in [0.717, 1.165) is 44.7 Å². The highest BCUT2D eigenvalue weighted by molar-refractivity contribution is 14.0. The Hall–Kier alpha value is -1.06. The Balaban J connectivity index is 0.00000841. The van der Waals surface area contributed by atoms with E-state index in [1.54, 1.807) is 7.05 Å². The molecule has 0 aliphatic carbocycles. The molecule has 1 rings (SSSR count). The lowest BCUT2D eigenvalue weighted by molar-refractivity contribution is -0.140. The predicted molar refractivity (Wildman–Crippen MR) is 135 cm³/mol. The maximum atomic E-state index is 12.4. The van der Waals surface area contributed by atoms with Crippen LogP contribution in [0.4, 0.5) is 0 Å². The molecule has 0 spiro atoms. The first-order valence-corrected chi connectivity index (χ1v) is 11.3. The van der Waals surface area contributed by atoms with Gasteiger partial charge in [-0.3, -0.25) is 14.6 Å². The van der Waals surface area contributed by atoms with Crippen LogP contribution in [0, 0.1) is 11.8 Å². The standard InChI is InChI=1S/C22H43N5O2.HI/c1-18(2)10-12-25-22(23-5)24-11-8-6-7-9-20(28)26-13-15-27(16-14-26)21(29)17-19(3)4;/h18-19H,6-17H2,1-5H3,(H2,23,24,25);1H. The van der Waals surface area contributed by atoms with Gasteiger partial charge in [0.1, 0.15) is 0 Å². The average molecular weight is 538 g/mol. The number of rotatable bonds is 11. The van der Waals surface area contributed by atoms with Gasteiger partial charge in [0.2, 0.25) is 11.8 Å². The first kappa shape index (κ1) is 28.9. The molecule has 0 unspecified atom stereocenters. The van der Waals surface area contributed by atoms with Gasteiger partial charge in [-0.05, 0) is 31.1 Å². The van der Waals surface area contributed by atoms with E-state index in [-0.39, 0.29) is 35.8 Å². The topological polar surface area (TPSA) is 77.0 Å². The summed E-state index contributed by atoms with van der Waals surface area (Å²) in [5.41, 5.74) is 0. The molecule has 1 aliphatic rings. The van der Waals surface area contributed by atoms with E-state index in [0.29, 0.717) is 50.9 Å². The molecular formula is C22H44IN5O2. The summed E-state index contributed by atoms with van der Waals surface area (Å²) in [6.45, 7) is 13.0. The molecule has 1 fully saturated rings. The van der Waals surface area contributed by atoms with Crippen molar-refractivity contribution in [3.05, 3.63) is 0 Å². The van der Waals surface area contributed by atoms with Crippen molar-refractivity contribution in [2.75, 3.05) is 46.3 Å². The molecule has 8 heteroatoms. The summed E-state index contributed by atoms with van der Waals surface area (Å²) in [6, 6.07) is 0. The maximum Gasteiger partial charge on any atom is 0.222 e. The normalized spacial score (nSPS) is 14.7. The van der Waals surface area contributed by atoms with Crippen molar-refractivity contribution in [2.45, 2.75) is 66.2 Å². The number of aliphatic imine (C=N–C) groups is 1. The Morgan fingerprint density at radius 2 is 1.40 bits per heavy atom. The lowest BCUT2D eigenvalue weighted by atomic mass is 10.1. The van der Waals surface area contributed by atoms with E-state index in [9.17, 15) is 9.59 Å². The second kappa shape index (κ2) is 16.6. The van der Waals surface area contributed by atoms with Crippen LogP contribution in [0.15, 0.2) is 4.99 Å². The smallest absolute Gasteiger partial charge is 0.222 e. The summed E-state index contributed by atoms with van der Waals surface area (Å²) < 4.78 is 0. The van der Waals surface area contributed by atoms with Crippen LogP contribution in [0.5, 0.6) is 0 Å². The molecule has 30 heavy (non-hydrogen) atoms. The Labute approximate surface area is 200 Å². The van der Waals surface area contributed by atoms with Crippen LogP contribution in [0.2, 0.25) is 0 Å². The van der Waals surface area contributed by atoms with Crippen molar-refractivity contribution in [3.63, 3.8) is 0 Å². The molecule has 0 radical (unpaired) electrons. The third-order valence-electron chi connectivity index (χ3n) is 5.17. The van der Waals surface area contributed by atoms with Crippen LogP contribution in [0.25, 0.3) is 0 Å². The largest absolute Gasteiger partial charge is 0.356 e. The molecule has 1 saturated heterocycles. The van der Waals surface area contributed by atoms with Crippen LogP contribution in [-0.2, 0) is 9.59 Å². The maximum absolute atomic E-state index is 12.4. The van der Waals surface area contributed by atoms with Crippen molar-refractivity contribution in [3.8, 4) is 0 Å². The van der Waals surface area contributed by atoms with E-state index in [1.807, 2.05) is 9.80 Å². The third kappa shape index (κ3) is 12.6. The van der Waals surface area contributed by atoms with Crippen molar-refractivity contribution in [1.82, 2.24) is 20.4 Å². The zero-order valence-corrected chi connectivity index (χ0v) is 22.0. The second-order valence-corrected chi connectivity index (χ2v) is 8.78. The molecule has 176 valence electrons. The summed E-state index contributed by atoms with van der Waals surface area (Å²) in [7, 11) is 1.79. The summed E-state index contributed by atoms with van der Waals surface area (Å²) in [6.07, 6.45) is 5.28. The van der Waals surface area contributed by atoms with Crippen molar-refractivity contribution in [2.24, 2.45) is 16.8 Å². The zero-order valence-electron chi connectivity index (χ0n) is 19.7. The molecule has 0 bridgehead atoms. The molecule has 0 aromatic heterocycles. The first-order chi connectivity index (χ1) is 13.8. The van der Waals surface area contributed by atoms with E-state index < -0.39 is 0 Å². The lowest BCUT2D eigenvalue weighted by Gasteiger charge is -2.35. The van der Waals surface area contributed by atoms with Crippen LogP contribution in [-0.4, -0.2) is 73.9 Å². The fourth-order valence-corrected chi connectivity index (χ4v) is 3.33. The summed E-state index contributed by atoms with van der Waals surface area (Å²) in [5.74, 6) is 2.36. The van der Waals surface area contributed by atoms with E-state index in [1.165, 1.54) is 0 Å². The quantitative estimate of drug-likeness (QED) is 0.184. The monoisotopic (exact) mass is 537 g/mol. The van der Waals surface area contributed by atoms with Gasteiger partial charge < -0.3 is 20.4 Å².